The van der Waals surface area contributed by atoms with Crippen LogP contribution in [0.25, 0.3) is 6.08 Å². The Kier molecular flexibility index (Phi) is 9.16. The van der Waals surface area contributed by atoms with E-state index in [1.54, 1.807) is 30.3 Å². The van der Waals surface area contributed by atoms with E-state index in [2.05, 4.69) is 38.2 Å². The van der Waals surface area contributed by atoms with E-state index in [4.69, 9.17) is 4.74 Å². The summed E-state index contributed by atoms with van der Waals surface area (Å²) in [5.41, 5.74) is 3.36. The molecule has 4 heteroatoms. The Labute approximate surface area is 174 Å². The van der Waals surface area contributed by atoms with Crippen molar-refractivity contribution >= 4 is 23.6 Å². The minimum Gasteiger partial charge on any atom is -0.462 e. The summed E-state index contributed by atoms with van der Waals surface area (Å²) in [6, 6.07) is 14.9. The van der Waals surface area contributed by atoms with E-state index < -0.39 is 0 Å². The summed E-state index contributed by atoms with van der Waals surface area (Å²) >= 11 is 0. The average Bonchev–Trinajstić information content (AvgIpc) is 2.73. The van der Waals surface area contributed by atoms with Crippen LogP contribution in [0.2, 0.25) is 0 Å². The number of rotatable bonds is 10. The molecule has 0 atom stereocenters. The zero-order chi connectivity index (χ0) is 21.1. The Balaban J connectivity index is 1.82. The fourth-order valence-corrected chi connectivity index (χ4v) is 2.81. The number of benzene rings is 2. The summed E-state index contributed by atoms with van der Waals surface area (Å²) < 4.78 is 5.27. The molecule has 0 aromatic heterocycles. The van der Waals surface area contributed by atoms with Crippen LogP contribution in [0.5, 0.6) is 0 Å². The highest BCUT2D eigenvalue weighted by Crippen LogP contribution is 2.16. The van der Waals surface area contributed by atoms with Crippen molar-refractivity contribution in [2.45, 2.75) is 52.4 Å². The van der Waals surface area contributed by atoms with Gasteiger partial charge in [-0.05, 0) is 53.8 Å². The molecule has 0 radical (unpaired) electrons. The number of carbonyl (C=O) groups is 2. The second-order valence-corrected chi connectivity index (χ2v) is 7.42. The van der Waals surface area contributed by atoms with Gasteiger partial charge in [0.15, 0.2) is 0 Å². The first-order chi connectivity index (χ1) is 14.0. The molecule has 0 aliphatic carbocycles. The summed E-state index contributed by atoms with van der Waals surface area (Å²) in [7, 11) is 0. The minimum absolute atomic E-state index is 0.218. The van der Waals surface area contributed by atoms with E-state index in [9.17, 15) is 9.59 Å². The van der Waals surface area contributed by atoms with Crippen molar-refractivity contribution in [2.75, 3.05) is 11.9 Å². The smallest absolute Gasteiger partial charge is 0.338 e. The van der Waals surface area contributed by atoms with Crippen molar-refractivity contribution in [1.82, 2.24) is 0 Å². The van der Waals surface area contributed by atoms with Gasteiger partial charge in [-0.25, -0.2) is 4.79 Å². The first kappa shape index (κ1) is 22.4. The highest BCUT2D eigenvalue weighted by atomic mass is 16.5. The van der Waals surface area contributed by atoms with Crippen LogP contribution in [-0.4, -0.2) is 18.5 Å². The number of amides is 1. The first-order valence-corrected chi connectivity index (χ1v) is 10.4. The van der Waals surface area contributed by atoms with E-state index in [-0.39, 0.29) is 11.9 Å². The number of nitrogens with one attached hydrogen (secondary N) is 1. The molecule has 0 fully saturated rings. The molecule has 0 unspecified atom stereocenters. The summed E-state index contributed by atoms with van der Waals surface area (Å²) in [5.74, 6) is -0.0639. The lowest BCUT2D eigenvalue weighted by molar-refractivity contribution is -0.111. The molecule has 0 aliphatic heterocycles. The Morgan fingerprint density at radius 3 is 2.28 bits per heavy atom. The maximum Gasteiger partial charge on any atom is 0.338 e. The topological polar surface area (TPSA) is 55.4 Å². The van der Waals surface area contributed by atoms with Crippen molar-refractivity contribution in [1.29, 1.82) is 0 Å². The van der Waals surface area contributed by atoms with E-state index in [1.165, 1.54) is 11.6 Å². The Morgan fingerprint density at radius 2 is 1.66 bits per heavy atom. The van der Waals surface area contributed by atoms with Crippen molar-refractivity contribution in [3.8, 4) is 0 Å². The van der Waals surface area contributed by atoms with Crippen LogP contribution in [0, 0.1) is 0 Å². The zero-order valence-corrected chi connectivity index (χ0v) is 17.6. The van der Waals surface area contributed by atoms with E-state index in [0.29, 0.717) is 23.8 Å². The van der Waals surface area contributed by atoms with Crippen molar-refractivity contribution in [3.05, 3.63) is 71.3 Å². The van der Waals surface area contributed by atoms with Crippen LogP contribution in [-0.2, 0) is 9.53 Å². The molecular weight excluding hydrogens is 362 g/mol. The SMILES string of the molecule is CCCCCCOC(=O)c1ccc(NC(=O)C=Cc2ccc(C(C)C)cc2)cc1. The predicted octanol–water partition coefficient (Wildman–Crippen LogP) is 6.20. The quantitative estimate of drug-likeness (QED) is 0.297. The molecule has 0 bridgehead atoms. The number of unbranched alkanes of at least 4 members (excludes halogenated alkanes) is 3. The highest BCUT2D eigenvalue weighted by molar-refractivity contribution is 6.02. The van der Waals surface area contributed by atoms with Gasteiger partial charge in [-0.1, -0.05) is 64.3 Å². The van der Waals surface area contributed by atoms with Gasteiger partial charge in [0.1, 0.15) is 0 Å². The molecule has 154 valence electrons. The van der Waals surface area contributed by atoms with Crippen LogP contribution < -0.4 is 5.32 Å². The number of hydrogen-bond acceptors (Lipinski definition) is 3. The molecule has 0 heterocycles. The minimum atomic E-state index is -0.330. The molecule has 0 aliphatic rings. The lowest BCUT2D eigenvalue weighted by atomic mass is 10.0. The van der Waals surface area contributed by atoms with Gasteiger partial charge in [-0.2, -0.15) is 0 Å². The molecule has 1 amide bonds. The van der Waals surface area contributed by atoms with Gasteiger partial charge in [0.2, 0.25) is 5.91 Å². The van der Waals surface area contributed by atoms with Gasteiger partial charge < -0.3 is 10.1 Å². The molecule has 0 saturated heterocycles. The molecule has 2 rings (SSSR count). The van der Waals surface area contributed by atoms with Crippen molar-refractivity contribution in [2.24, 2.45) is 0 Å². The number of anilines is 1. The normalized spacial score (nSPS) is 11.0. The molecule has 29 heavy (non-hydrogen) atoms. The van der Waals surface area contributed by atoms with Crippen molar-refractivity contribution < 1.29 is 14.3 Å². The molecular formula is C25H31NO3. The molecule has 0 saturated carbocycles. The molecule has 2 aromatic carbocycles. The standard InChI is InChI=1S/C25H31NO3/c1-4-5-6-7-18-29-25(28)22-13-15-23(16-14-22)26-24(27)17-10-20-8-11-21(12-9-20)19(2)3/h8-17,19H,4-7,18H2,1-3H3,(H,26,27). The molecule has 1 N–H and O–H groups in total. The average molecular weight is 394 g/mol. The second-order valence-electron chi connectivity index (χ2n) is 7.42. The maximum absolute atomic E-state index is 12.1. The largest absolute Gasteiger partial charge is 0.462 e. The summed E-state index contributed by atoms with van der Waals surface area (Å²) in [4.78, 5) is 24.1. The molecule has 2 aromatic rings. The number of carbonyl (C=O) groups excluding carboxylic acids is 2. The van der Waals surface area contributed by atoms with E-state index in [0.717, 1.165) is 31.2 Å². The molecule has 0 spiro atoms. The summed E-state index contributed by atoms with van der Waals surface area (Å²) in [5, 5.41) is 2.80. The third-order valence-electron chi connectivity index (χ3n) is 4.65. The van der Waals surface area contributed by atoms with Gasteiger partial charge in [-0.3, -0.25) is 4.79 Å². The van der Waals surface area contributed by atoms with Gasteiger partial charge >= 0.3 is 5.97 Å². The van der Waals surface area contributed by atoms with Gasteiger partial charge in [0.25, 0.3) is 0 Å². The Morgan fingerprint density at radius 1 is 0.966 bits per heavy atom. The molecule has 4 nitrogen and oxygen atoms in total. The Hall–Kier alpha value is -2.88. The predicted molar refractivity (Wildman–Crippen MR) is 119 cm³/mol. The number of hydrogen-bond donors (Lipinski definition) is 1. The highest BCUT2D eigenvalue weighted by Gasteiger charge is 2.07. The van der Waals surface area contributed by atoms with E-state index >= 15 is 0 Å². The van der Waals surface area contributed by atoms with Crippen LogP contribution in [0.15, 0.2) is 54.6 Å². The summed E-state index contributed by atoms with van der Waals surface area (Å²) in [6.07, 6.45) is 7.56. The summed E-state index contributed by atoms with van der Waals surface area (Å²) in [6.45, 7) is 6.89. The monoisotopic (exact) mass is 393 g/mol. The third kappa shape index (κ3) is 7.94. The third-order valence-corrected chi connectivity index (χ3v) is 4.65. The van der Waals surface area contributed by atoms with Crippen LogP contribution in [0.1, 0.15) is 73.9 Å². The fourth-order valence-electron chi connectivity index (χ4n) is 2.81. The second kappa shape index (κ2) is 11.8. The van der Waals surface area contributed by atoms with Crippen LogP contribution in [0.4, 0.5) is 5.69 Å². The van der Waals surface area contributed by atoms with Crippen molar-refractivity contribution in [3.63, 3.8) is 0 Å². The zero-order valence-electron chi connectivity index (χ0n) is 17.6. The lowest BCUT2D eigenvalue weighted by Gasteiger charge is -2.06. The number of esters is 1. The lowest BCUT2D eigenvalue weighted by Crippen LogP contribution is -2.09. The van der Waals surface area contributed by atoms with Crippen LogP contribution in [0.3, 0.4) is 0 Å². The van der Waals surface area contributed by atoms with Gasteiger partial charge in [0.05, 0.1) is 12.2 Å². The van der Waals surface area contributed by atoms with E-state index in [1.807, 2.05) is 12.1 Å². The first-order valence-electron chi connectivity index (χ1n) is 10.4. The Bertz CT molecular complexity index is 805. The maximum atomic E-state index is 12.1. The fraction of sp³-hybridized carbons (Fsp3) is 0.360. The van der Waals surface area contributed by atoms with Crippen LogP contribution >= 0.6 is 0 Å². The van der Waals surface area contributed by atoms with Gasteiger partial charge in [0, 0.05) is 11.8 Å². The van der Waals surface area contributed by atoms with Gasteiger partial charge in [-0.15, -0.1) is 0 Å². The number of ether oxygens (including phenoxy) is 1.